The number of hydrogen-bond acceptors (Lipinski definition) is 5. The van der Waals surface area contributed by atoms with E-state index in [1.54, 1.807) is 0 Å². The fraction of sp³-hybridized carbons (Fsp3) is 0.364. The number of amides is 1. The summed E-state index contributed by atoms with van der Waals surface area (Å²) in [7, 11) is 2.85. The molecule has 7 nitrogen and oxygen atoms in total. The van der Waals surface area contributed by atoms with Gasteiger partial charge in [-0.3, -0.25) is 14.9 Å². The SMILES string of the molecule is COCCNC(=O)c1ccc(OC)c([N+](=O)[O-])c1. The van der Waals surface area contributed by atoms with Crippen LogP contribution in [0.5, 0.6) is 5.75 Å². The lowest BCUT2D eigenvalue weighted by atomic mass is 10.1. The summed E-state index contributed by atoms with van der Waals surface area (Å²) in [5, 5.41) is 13.4. The highest BCUT2D eigenvalue weighted by Gasteiger charge is 2.17. The van der Waals surface area contributed by atoms with E-state index in [1.807, 2.05) is 0 Å². The Hall–Kier alpha value is -2.15. The smallest absolute Gasteiger partial charge is 0.311 e. The molecule has 0 fully saturated rings. The van der Waals surface area contributed by atoms with Gasteiger partial charge in [-0.25, -0.2) is 0 Å². The Balaban J connectivity index is 2.87. The van der Waals surface area contributed by atoms with Crippen molar-refractivity contribution in [1.29, 1.82) is 0 Å². The Labute approximate surface area is 104 Å². The molecule has 0 aliphatic carbocycles. The second-order valence-electron chi connectivity index (χ2n) is 3.39. The predicted octanol–water partition coefficient (Wildman–Crippen LogP) is 0.980. The fourth-order valence-electron chi connectivity index (χ4n) is 1.34. The van der Waals surface area contributed by atoms with Gasteiger partial charge >= 0.3 is 5.69 Å². The molecule has 0 atom stereocenters. The van der Waals surface area contributed by atoms with Crippen molar-refractivity contribution in [3.8, 4) is 5.75 Å². The van der Waals surface area contributed by atoms with E-state index in [1.165, 1.54) is 32.4 Å². The van der Waals surface area contributed by atoms with E-state index < -0.39 is 10.8 Å². The van der Waals surface area contributed by atoms with E-state index in [0.29, 0.717) is 13.2 Å². The molecule has 1 aromatic rings. The molecule has 1 N–H and O–H groups in total. The monoisotopic (exact) mass is 254 g/mol. The molecule has 0 unspecified atom stereocenters. The quantitative estimate of drug-likeness (QED) is 0.464. The van der Waals surface area contributed by atoms with Crippen LogP contribution >= 0.6 is 0 Å². The summed E-state index contributed by atoms with van der Waals surface area (Å²) >= 11 is 0. The molecule has 0 saturated carbocycles. The van der Waals surface area contributed by atoms with Gasteiger partial charge in [0.05, 0.1) is 18.6 Å². The molecule has 0 bridgehead atoms. The van der Waals surface area contributed by atoms with Crippen LogP contribution in [0.25, 0.3) is 0 Å². The van der Waals surface area contributed by atoms with Crippen LogP contribution in [0, 0.1) is 10.1 Å². The van der Waals surface area contributed by atoms with E-state index in [9.17, 15) is 14.9 Å². The molecule has 1 aromatic carbocycles. The number of benzene rings is 1. The maximum Gasteiger partial charge on any atom is 0.311 e. The van der Waals surface area contributed by atoms with Gasteiger partial charge in [0.2, 0.25) is 0 Å². The fourth-order valence-corrected chi connectivity index (χ4v) is 1.34. The van der Waals surface area contributed by atoms with Crippen LogP contribution in [-0.4, -0.2) is 38.2 Å². The molecule has 1 rings (SSSR count). The van der Waals surface area contributed by atoms with Crippen LogP contribution in [0.4, 0.5) is 5.69 Å². The van der Waals surface area contributed by atoms with Gasteiger partial charge in [-0.1, -0.05) is 0 Å². The molecule has 7 heteroatoms. The van der Waals surface area contributed by atoms with Crippen molar-refractivity contribution in [2.75, 3.05) is 27.4 Å². The molecule has 0 heterocycles. The number of nitrogens with zero attached hydrogens (tertiary/aromatic N) is 1. The van der Waals surface area contributed by atoms with Crippen molar-refractivity contribution in [3.63, 3.8) is 0 Å². The molecule has 1 amide bonds. The summed E-state index contributed by atoms with van der Waals surface area (Å²) in [6, 6.07) is 4.04. The minimum atomic E-state index is -0.592. The van der Waals surface area contributed by atoms with Gasteiger partial charge in [0.25, 0.3) is 5.91 Å². The van der Waals surface area contributed by atoms with Crippen LogP contribution in [0.2, 0.25) is 0 Å². The lowest BCUT2D eigenvalue weighted by molar-refractivity contribution is -0.385. The van der Waals surface area contributed by atoms with Gasteiger partial charge in [-0.2, -0.15) is 0 Å². The van der Waals surface area contributed by atoms with Crippen LogP contribution < -0.4 is 10.1 Å². The minimum absolute atomic E-state index is 0.119. The highest BCUT2D eigenvalue weighted by molar-refractivity contribution is 5.95. The van der Waals surface area contributed by atoms with Crippen molar-refractivity contribution in [2.45, 2.75) is 0 Å². The van der Waals surface area contributed by atoms with Gasteiger partial charge in [0.15, 0.2) is 5.75 Å². The Bertz CT molecular complexity index is 447. The lowest BCUT2D eigenvalue weighted by Gasteiger charge is -2.06. The average Bonchev–Trinajstić information content (AvgIpc) is 2.38. The van der Waals surface area contributed by atoms with Gasteiger partial charge < -0.3 is 14.8 Å². The van der Waals surface area contributed by atoms with Crippen LogP contribution in [0.3, 0.4) is 0 Å². The van der Waals surface area contributed by atoms with Crippen LogP contribution in [0.1, 0.15) is 10.4 Å². The summed E-state index contributed by atoms with van der Waals surface area (Å²) in [5.74, 6) is -0.272. The highest BCUT2D eigenvalue weighted by atomic mass is 16.6. The molecule has 18 heavy (non-hydrogen) atoms. The molecular weight excluding hydrogens is 240 g/mol. The number of rotatable bonds is 6. The predicted molar refractivity (Wildman–Crippen MR) is 63.9 cm³/mol. The number of nitro benzene ring substituents is 1. The molecular formula is C11H14N2O5. The zero-order valence-corrected chi connectivity index (χ0v) is 10.1. The maximum absolute atomic E-state index is 11.7. The van der Waals surface area contributed by atoms with Gasteiger partial charge in [-0.15, -0.1) is 0 Å². The van der Waals surface area contributed by atoms with E-state index in [4.69, 9.17) is 9.47 Å². The first-order valence-corrected chi connectivity index (χ1v) is 5.19. The second kappa shape index (κ2) is 6.55. The summed E-state index contributed by atoms with van der Waals surface area (Å²) in [6.45, 7) is 0.721. The second-order valence-corrected chi connectivity index (χ2v) is 3.39. The Morgan fingerprint density at radius 2 is 2.17 bits per heavy atom. The molecule has 0 spiro atoms. The summed E-state index contributed by atoms with van der Waals surface area (Å²) in [5.41, 5.74) is -0.0319. The Morgan fingerprint density at radius 3 is 2.72 bits per heavy atom. The number of carbonyl (C=O) groups is 1. The van der Waals surface area contributed by atoms with E-state index >= 15 is 0 Å². The number of nitrogens with one attached hydrogen (secondary N) is 1. The first kappa shape index (κ1) is 13.9. The molecule has 0 saturated heterocycles. The number of carbonyl (C=O) groups excluding carboxylic acids is 1. The molecule has 0 aliphatic rings. The summed E-state index contributed by atoms with van der Waals surface area (Å²) in [4.78, 5) is 21.9. The largest absolute Gasteiger partial charge is 0.490 e. The van der Waals surface area contributed by atoms with Gasteiger partial charge in [0.1, 0.15) is 0 Å². The number of ether oxygens (including phenoxy) is 2. The molecule has 0 aromatic heterocycles. The lowest BCUT2D eigenvalue weighted by Crippen LogP contribution is -2.26. The van der Waals surface area contributed by atoms with Gasteiger partial charge in [0, 0.05) is 25.3 Å². The van der Waals surface area contributed by atoms with Crippen molar-refractivity contribution < 1.29 is 19.2 Å². The maximum atomic E-state index is 11.7. The zero-order valence-electron chi connectivity index (χ0n) is 10.1. The summed E-state index contributed by atoms with van der Waals surface area (Å²) < 4.78 is 9.63. The van der Waals surface area contributed by atoms with Crippen LogP contribution in [0.15, 0.2) is 18.2 Å². The Kier molecular flexibility index (Phi) is 5.06. The number of nitro groups is 1. The molecule has 98 valence electrons. The number of methoxy groups -OCH3 is 2. The van der Waals surface area contributed by atoms with Crippen molar-refractivity contribution in [3.05, 3.63) is 33.9 Å². The van der Waals surface area contributed by atoms with E-state index in [-0.39, 0.29) is 17.0 Å². The molecule has 0 aliphatic heterocycles. The van der Waals surface area contributed by atoms with E-state index in [2.05, 4.69) is 5.32 Å². The highest BCUT2D eigenvalue weighted by Crippen LogP contribution is 2.27. The van der Waals surface area contributed by atoms with Crippen LogP contribution in [-0.2, 0) is 4.74 Å². The topological polar surface area (TPSA) is 90.7 Å². The van der Waals surface area contributed by atoms with Gasteiger partial charge in [-0.05, 0) is 12.1 Å². The first-order chi connectivity index (χ1) is 8.60. The summed E-state index contributed by atoms with van der Waals surface area (Å²) in [6.07, 6.45) is 0. The van der Waals surface area contributed by atoms with Crippen molar-refractivity contribution >= 4 is 11.6 Å². The van der Waals surface area contributed by atoms with E-state index in [0.717, 1.165) is 0 Å². The normalized spacial score (nSPS) is 9.89. The molecule has 0 radical (unpaired) electrons. The zero-order chi connectivity index (χ0) is 13.5. The van der Waals surface area contributed by atoms with Crippen molar-refractivity contribution in [2.24, 2.45) is 0 Å². The standard InChI is InChI=1S/C11H14N2O5/c1-17-6-5-12-11(14)8-3-4-10(18-2)9(7-8)13(15)16/h3-4,7H,5-6H2,1-2H3,(H,12,14). The third-order valence-corrected chi connectivity index (χ3v) is 2.23. The first-order valence-electron chi connectivity index (χ1n) is 5.19. The third kappa shape index (κ3) is 3.42. The third-order valence-electron chi connectivity index (χ3n) is 2.23. The Morgan fingerprint density at radius 1 is 1.44 bits per heavy atom. The van der Waals surface area contributed by atoms with Crippen molar-refractivity contribution in [1.82, 2.24) is 5.32 Å². The number of hydrogen-bond donors (Lipinski definition) is 1. The average molecular weight is 254 g/mol. The minimum Gasteiger partial charge on any atom is -0.490 e.